The van der Waals surface area contributed by atoms with Crippen molar-refractivity contribution in [3.8, 4) is 11.3 Å². The molecule has 5 nitrogen and oxygen atoms in total. The third-order valence-electron chi connectivity index (χ3n) is 4.16. The molecule has 0 atom stereocenters. The molecule has 0 aliphatic carbocycles. The van der Waals surface area contributed by atoms with Crippen molar-refractivity contribution in [1.29, 1.82) is 0 Å². The summed E-state index contributed by atoms with van der Waals surface area (Å²) < 4.78 is 2.19. The average Bonchev–Trinajstić information content (AvgIpc) is 3.18. The van der Waals surface area contributed by atoms with Crippen LogP contribution < -0.4 is 0 Å². The molecule has 1 fully saturated rings. The number of hydrogen-bond acceptors (Lipinski definition) is 4. The van der Waals surface area contributed by atoms with Gasteiger partial charge < -0.3 is 4.57 Å². The number of aryl methyl sites for hydroxylation is 1. The Kier molecular flexibility index (Phi) is 4.17. The van der Waals surface area contributed by atoms with Crippen LogP contribution in [0.5, 0.6) is 0 Å². The summed E-state index contributed by atoms with van der Waals surface area (Å²) in [5.41, 5.74) is 4.29. The predicted molar refractivity (Wildman–Crippen MR) is 90.0 cm³/mol. The van der Waals surface area contributed by atoms with Crippen LogP contribution in [0.3, 0.4) is 0 Å². The van der Waals surface area contributed by atoms with E-state index in [-0.39, 0.29) is 18.4 Å². The van der Waals surface area contributed by atoms with Crippen molar-refractivity contribution in [2.45, 2.75) is 39.8 Å². The summed E-state index contributed by atoms with van der Waals surface area (Å²) in [6, 6.07) is 2.11. The third-order valence-corrected chi connectivity index (χ3v) is 4.99. The lowest BCUT2D eigenvalue weighted by Crippen LogP contribution is -2.28. The maximum atomic E-state index is 11.7. The van der Waals surface area contributed by atoms with E-state index in [4.69, 9.17) is 0 Å². The molecule has 120 valence electrons. The molecule has 0 N–H and O–H groups in total. The maximum absolute atomic E-state index is 11.7. The highest BCUT2D eigenvalue weighted by Gasteiger charge is 2.29. The second-order valence-corrected chi connectivity index (χ2v) is 6.63. The lowest BCUT2D eigenvalue weighted by molar-refractivity contribution is -0.139. The molecule has 0 radical (unpaired) electrons. The molecule has 1 aliphatic heterocycles. The highest BCUT2D eigenvalue weighted by Crippen LogP contribution is 2.29. The molecule has 2 amide bonds. The average molecular weight is 329 g/mol. The predicted octanol–water partition coefficient (Wildman–Crippen LogP) is 3.06. The molecule has 0 unspecified atom stereocenters. The van der Waals surface area contributed by atoms with Gasteiger partial charge in [-0.1, -0.05) is 6.08 Å². The lowest BCUT2D eigenvalue weighted by atomic mass is 10.2. The monoisotopic (exact) mass is 329 g/mol. The first-order valence-corrected chi connectivity index (χ1v) is 8.45. The molecule has 6 heteroatoms. The van der Waals surface area contributed by atoms with Crippen LogP contribution in [0, 0.1) is 13.8 Å². The highest BCUT2D eigenvalue weighted by atomic mass is 32.1. The number of thiazole rings is 1. The summed E-state index contributed by atoms with van der Waals surface area (Å²) in [7, 11) is 0. The summed E-state index contributed by atoms with van der Waals surface area (Å²) >= 11 is 1.49. The van der Waals surface area contributed by atoms with Gasteiger partial charge in [0.25, 0.3) is 0 Å². The molecule has 0 saturated carbocycles. The van der Waals surface area contributed by atoms with Crippen LogP contribution in [0.2, 0.25) is 0 Å². The standard InChI is InChI=1S/C17H19N3O2S/c1-4-7-19-11(2)8-13(12(19)3)14-10-23-15(18-14)9-20-16(21)5-6-17(20)22/h4,8,10H,1,5-7,9H2,2-3H3. The van der Waals surface area contributed by atoms with E-state index in [1.54, 1.807) is 0 Å². The van der Waals surface area contributed by atoms with Gasteiger partial charge in [-0.25, -0.2) is 4.98 Å². The zero-order valence-corrected chi connectivity index (χ0v) is 14.2. The molecule has 1 saturated heterocycles. The molecule has 3 rings (SSSR count). The van der Waals surface area contributed by atoms with E-state index >= 15 is 0 Å². The molecule has 0 spiro atoms. The number of likely N-dealkylation sites (tertiary alicyclic amines) is 1. The van der Waals surface area contributed by atoms with Gasteiger partial charge >= 0.3 is 0 Å². The van der Waals surface area contributed by atoms with Crippen molar-refractivity contribution in [3.63, 3.8) is 0 Å². The largest absolute Gasteiger partial charge is 0.345 e. The molecule has 3 heterocycles. The van der Waals surface area contributed by atoms with Crippen LogP contribution in [0.15, 0.2) is 24.1 Å². The van der Waals surface area contributed by atoms with Gasteiger partial charge in [0, 0.05) is 41.7 Å². The zero-order chi connectivity index (χ0) is 16.6. The zero-order valence-electron chi connectivity index (χ0n) is 13.3. The topological polar surface area (TPSA) is 55.2 Å². The summed E-state index contributed by atoms with van der Waals surface area (Å²) in [5, 5.41) is 2.78. The maximum Gasteiger partial charge on any atom is 0.230 e. The number of carbonyl (C=O) groups is 2. The smallest absolute Gasteiger partial charge is 0.230 e. The Labute approximate surface area is 139 Å². The van der Waals surface area contributed by atoms with Gasteiger partial charge in [0.2, 0.25) is 11.8 Å². The Morgan fingerprint density at radius 1 is 1.30 bits per heavy atom. The number of imide groups is 1. The summed E-state index contributed by atoms with van der Waals surface area (Å²) in [6.45, 7) is 8.98. The number of rotatable bonds is 5. The second kappa shape index (κ2) is 6.12. The van der Waals surface area contributed by atoms with E-state index in [2.05, 4.69) is 36.0 Å². The number of carbonyl (C=O) groups excluding carboxylic acids is 2. The van der Waals surface area contributed by atoms with Crippen molar-refractivity contribution >= 4 is 23.2 Å². The lowest BCUT2D eigenvalue weighted by Gasteiger charge is -2.10. The van der Waals surface area contributed by atoms with Gasteiger partial charge in [0.05, 0.1) is 12.2 Å². The molecule has 23 heavy (non-hydrogen) atoms. The van der Waals surface area contributed by atoms with E-state index in [9.17, 15) is 9.59 Å². The number of amides is 2. The van der Waals surface area contributed by atoms with Crippen LogP contribution >= 0.6 is 11.3 Å². The van der Waals surface area contributed by atoms with E-state index < -0.39 is 0 Å². The van der Waals surface area contributed by atoms with Gasteiger partial charge in [0.1, 0.15) is 5.01 Å². The van der Waals surface area contributed by atoms with Crippen molar-refractivity contribution in [2.75, 3.05) is 0 Å². The summed E-state index contributed by atoms with van der Waals surface area (Å²) in [5.74, 6) is -0.202. The fourth-order valence-corrected chi connectivity index (χ4v) is 3.69. The molecular formula is C17H19N3O2S. The van der Waals surface area contributed by atoms with Crippen LogP contribution in [0.1, 0.15) is 29.2 Å². The van der Waals surface area contributed by atoms with E-state index in [0.29, 0.717) is 12.8 Å². The highest BCUT2D eigenvalue weighted by molar-refractivity contribution is 7.09. The van der Waals surface area contributed by atoms with Crippen molar-refractivity contribution in [2.24, 2.45) is 0 Å². The van der Waals surface area contributed by atoms with Gasteiger partial charge in [-0.05, 0) is 19.9 Å². The normalized spacial score (nSPS) is 14.8. The van der Waals surface area contributed by atoms with Gasteiger partial charge in [-0.3, -0.25) is 14.5 Å². The SMILES string of the molecule is C=CCn1c(C)cc(-c2csc(CN3C(=O)CCC3=O)n2)c1C. The third kappa shape index (κ3) is 2.86. The van der Waals surface area contributed by atoms with Gasteiger partial charge in [-0.15, -0.1) is 17.9 Å². The Morgan fingerprint density at radius 2 is 2.00 bits per heavy atom. The van der Waals surface area contributed by atoms with Gasteiger partial charge in [0.15, 0.2) is 0 Å². The molecule has 1 aliphatic rings. The van der Waals surface area contributed by atoms with Crippen molar-refractivity contribution < 1.29 is 9.59 Å². The quantitative estimate of drug-likeness (QED) is 0.626. The first-order chi connectivity index (χ1) is 11.0. The first-order valence-electron chi connectivity index (χ1n) is 7.57. The Morgan fingerprint density at radius 3 is 2.65 bits per heavy atom. The van der Waals surface area contributed by atoms with Crippen molar-refractivity contribution in [3.05, 3.63) is 40.5 Å². The molecular weight excluding hydrogens is 310 g/mol. The molecule has 0 bridgehead atoms. The summed E-state index contributed by atoms with van der Waals surface area (Å²) in [4.78, 5) is 29.3. The number of allylic oxidation sites excluding steroid dienone is 1. The Hall–Kier alpha value is -2.21. The van der Waals surface area contributed by atoms with Crippen LogP contribution in [-0.4, -0.2) is 26.3 Å². The minimum Gasteiger partial charge on any atom is -0.345 e. The molecule has 0 aromatic carbocycles. The van der Waals surface area contributed by atoms with Gasteiger partial charge in [-0.2, -0.15) is 0 Å². The second-order valence-electron chi connectivity index (χ2n) is 5.68. The Balaban J connectivity index is 1.85. The van der Waals surface area contributed by atoms with Crippen molar-refractivity contribution in [1.82, 2.24) is 14.5 Å². The first kappa shape index (κ1) is 15.7. The fourth-order valence-electron chi connectivity index (χ4n) is 2.91. The minimum absolute atomic E-state index is 0.101. The van der Waals surface area contributed by atoms with Crippen LogP contribution in [0.4, 0.5) is 0 Å². The number of nitrogens with zero attached hydrogens (tertiary/aromatic N) is 3. The molecule has 2 aromatic rings. The van der Waals surface area contributed by atoms with E-state index in [1.165, 1.54) is 16.2 Å². The summed E-state index contributed by atoms with van der Waals surface area (Å²) in [6.07, 6.45) is 2.51. The van der Waals surface area contributed by atoms with Crippen LogP contribution in [-0.2, 0) is 22.7 Å². The minimum atomic E-state index is -0.101. The Bertz CT molecular complexity index is 772. The number of aromatic nitrogens is 2. The van der Waals surface area contributed by atoms with E-state index in [0.717, 1.165) is 34.2 Å². The van der Waals surface area contributed by atoms with Crippen LogP contribution in [0.25, 0.3) is 11.3 Å². The number of hydrogen-bond donors (Lipinski definition) is 0. The van der Waals surface area contributed by atoms with E-state index in [1.807, 2.05) is 11.5 Å². The fraction of sp³-hybridized carbons (Fsp3) is 0.353. The molecule has 2 aromatic heterocycles.